The van der Waals surface area contributed by atoms with Gasteiger partial charge in [0.1, 0.15) is 0 Å². The van der Waals surface area contributed by atoms with E-state index in [-0.39, 0.29) is 23.6 Å². The first kappa shape index (κ1) is 20.2. The molecule has 0 unspecified atom stereocenters. The number of likely N-dealkylation sites (N-methyl/N-ethyl adjacent to an activating group) is 1. The molecule has 5 nitrogen and oxygen atoms in total. The van der Waals surface area contributed by atoms with E-state index in [0.29, 0.717) is 23.1 Å². The number of nitrogens with one attached hydrogen (secondary N) is 1. The summed E-state index contributed by atoms with van der Waals surface area (Å²) >= 11 is 0. The molecule has 5 heteroatoms. The molecule has 0 aromatic heterocycles. The van der Waals surface area contributed by atoms with E-state index in [2.05, 4.69) is 19.2 Å². The fourth-order valence-electron chi connectivity index (χ4n) is 4.27. The Hall–Kier alpha value is -3.08. The third-order valence-electron chi connectivity index (χ3n) is 6.46. The summed E-state index contributed by atoms with van der Waals surface area (Å²) in [6.45, 7) is 4.48. The number of hydrogen-bond acceptors (Lipinski definition) is 3. The Morgan fingerprint density at radius 1 is 1.10 bits per heavy atom. The first-order valence-electron chi connectivity index (χ1n) is 10.6. The van der Waals surface area contributed by atoms with Crippen LogP contribution in [0.2, 0.25) is 0 Å². The highest BCUT2D eigenvalue weighted by Gasteiger charge is 2.29. The monoisotopic (exact) mass is 404 g/mol. The lowest BCUT2D eigenvalue weighted by Gasteiger charge is -2.34. The smallest absolute Gasteiger partial charge is 0.293 e. The topological polar surface area (TPSA) is 58.6 Å². The Morgan fingerprint density at radius 3 is 2.60 bits per heavy atom. The number of carbonyl (C=O) groups is 2. The van der Waals surface area contributed by atoms with Crippen molar-refractivity contribution >= 4 is 23.6 Å². The number of benzene rings is 2. The minimum absolute atomic E-state index is 0.0428. The fourth-order valence-corrected chi connectivity index (χ4v) is 4.27. The first-order chi connectivity index (χ1) is 14.4. The standard InChI is InChI=1S/C25H28N2O3/c1-16-7-6-8-20(17(16)2)26-24(28)19-13-11-18(12-14-19)15-23-25(29)27(3)21-9-4-5-10-22(21)30-23/h4-5,9-17,20H,6-8H2,1-3H3,(H,26,28)/b23-15-/t16-,17-,20-/m1/s1. The van der Waals surface area contributed by atoms with E-state index < -0.39 is 0 Å². The molecule has 2 amide bonds. The minimum Gasteiger partial charge on any atom is -0.449 e. The van der Waals surface area contributed by atoms with Gasteiger partial charge in [0.2, 0.25) is 0 Å². The van der Waals surface area contributed by atoms with Crippen molar-refractivity contribution in [1.82, 2.24) is 5.32 Å². The summed E-state index contributed by atoms with van der Waals surface area (Å²) in [6.07, 6.45) is 5.14. The van der Waals surface area contributed by atoms with Crippen molar-refractivity contribution < 1.29 is 14.3 Å². The van der Waals surface area contributed by atoms with E-state index in [1.165, 1.54) is 6.42 Å². The summed E-state index contributed by atoms with van der Waals surface area (Å²) in [6, 6.07) is 14.9. The zero-order chi connectivity index (χ0) is 21.3. The summed E-state index contributed by atoms with van der Waals surface area (Å²) in [4.78, 5) is 26.9. The van der Waals surface area contributed by atoms with Crippen LogP contribution in [0.5, 0.6) is 5.75 Å². The zero-order valence-corrected chi connectivity index (χ0v) is 17.7. The molecule has 0 saturated heterocycles. The second-order valence-electron chi connectivity index (χ2n) is 8.41. The summed E-state index contributed by atoms with van der Waals surface area (Å²) in [5.41, 5.74) is 2.18. The van der Waals surface area contributed by atoms with Crippen molar-refractivity contribution in [1.29, 1.82) is 0 Å². The number of ether oxygens (including phenoxy) is 1. The molecule has 156 valence electrons. The van der Waals surface area contributed by atoms with Gasteiger partial charge in [0.25, 0.3) is 11.8 Å². The normalized spacial score (nSPS) is 24.9. The Bertz CT molecular complexity index is 980. The number of anilines is 1. The highest BCUT2D eigenvalue weighted by atomic mass is 16.5. The molecule has 3 atom stereocenters. The molecule has 1 N–H and O–H groups in total. The van der Waals surface area contributed by atoms with Gasteiger partial charge in [-0.2, -0.15) is 0 Å². The van der Waals surface area contributed by atoms with E-state index in [4.69, 9.17) is 4.74 Å². The fraction of sp³-hybridized carbons (Fsp3) is 0.360. The second kappa shape index (κ2) is 8.34. The van der Waals surface area contributed by atoms with Crippen molar-refractivity contribution in [3.05, 3.63) is 65.4 Å². The molecule has 0 spiro atoms. The number of rotatable bonds is 3. The molecule has 1 fully saturated rings. The van der Waals surface area contributed by atoms with Gasteiger partial charge >= 0.3 is 0 Å². The van der Waals surface area contributed by atoms with Gasteiger partial charge in [-0.15, -0.1) is 0 Å². The lowest BCUT2D eigenvalue weighted by molar-refractivity contribution is -0.117. The largest absolute Gasteiger partial charge is 0.449 e. The quantitative estimate of drug-likeness (QED) is 0.759. The molecular weight excluding hydrogens is 376 g/mol. The van der Waals surface area contributed by atoms with E-state index in [0.717, 1.165) is 24.1 Å². The molecule has 0 bridgehead atoms. The van der Waals surface area contributed by atoms with Crippen molar-refractivity contribution in [3.8, 4) is 5.75 Å². The SMILES string of the molecule is C[C@@H]1[C@H](C)CCC[C@H]1NC(=O)c1ccc(/C=C2\Oc3ccccc3N(C)C2=O)cc1. The van der Waals surface area contributed by atoms with Crippen molar-refractivity contribution in [2.75, 3.05) is 11.9 Å². The van der Waals surface area contributed by atoms with Gasteiger partial charge in [0.05, 0.1) is 5.69 Å². The number of hydrogen-bond donors (Lipinski definition) is 1. The van der Waals surface area contributed by atoms with Gasteiger partial charge in [0, 0.05) is 18.7 Å². The van der Waals surface area contributed by atoms with Crippen molar-refractivity contribution in [2.45, 2.75) is 39.2 Å². The average molecular weight is 405 g/mol. The van der Waals surface area contributed by atoms with E-state index in [1.54, 1.807) is 30.2 Å². The predicted octanol–water partition coefficient (Wildman–Crippen LogP) is 4.64. The van der Waals surface area contributed by atoms with Gasteiger partial charge in [-0.3, -0.25) is 9.59 Å². The third kappa shape index (κ3) is 3.97. The lowest BCUT2D eigenvalue weighted by Crippen LogP contribution is -2.43. The second-order valence-corrected chi connectivity index (χ2v) is 8.41. The lowest BCUT2D eigenvalue weighted by atomic mass is 9.78. The molecular formula is C25H28N2O3. The maximum Gasteiger partial charge on any atom is 0.293 e. The number of fused-ring (bicyclic) bond motifs is 1. The Labute approximate surface area is 177 Å². The van der Waals surface area contributed by atoms with Crippen LogP contribution in [0.25, 0.3) is 6.08 Å². The van der Waals surface area contributed by atoms with Crippen LogP contribution in [0.15, 0.2) is 54.3 Å². The summed E-state index contributed by atoms with van der Waals surface area (Å²) < 4.78 is 5.81. The highest BCUT2D eigenvalue weighted by molar-refractivity contribution is 6.09. The van der Waals surface area contributed by atoms with Crippen LogP contribution in [0, 0.1) is 11.8 Å². The van der Waals surface area contributed by atoms with E-state index in [9.17, 15) is 9.59 Å². The average Bonchev–Trinajstić information content (AvgIpc) is 2.75. The number of nitrogens with zero attached hydrogens (tertiary/aromatic N) is 1. The molecule has 4 rings (SSSR count). The Balaban J connectivity index is 1.47. The third-order valence-corrected chi connectivity index (χ3v) is 6.46. The van der Waals surface area contributed by atoms with Crippen LogP contribution in [0.4, 0.5) is 5.69 Å². The summed E-state index contributed by atoms with van der Waals surface area (Å²) in [5, 5.41) is 3.20. The maximum absolute atomic E-state index is 12.7. The van der Waals surface area contributed by atoms with Crippen LogP contribution in [0.1, 0.15) is 49.0 Å². The number of amides is 2. The summed E-state index contributed by atoms with van der Waals surface area (Å²) in [5.74, 6) is 1.79. The molecule has 1 aliphatic carbocycles. The predicted molar refractivity (Wildman–Crippen MR) is 118 cm³/mol. The van der Waals surface area contributed by atoms with E-state index in [1.807, 2.05) is 36.4 Å². The summed E-state index contributed by atoms with van der Waals surface area (Å²) in [7, 11) is 1.73. The highest BCUT2D eigenvalue weighted by Crippen LogP contribution is 2.34. The molecule has 0 radical (unpaired) electrons. The first-order valence-corrected chi connectivity index (χ1v) is 10.6. The van der Waals surface area contributed by atoms with Crippen LogP contribution in [-0.2, 0) is 4.79 Å². The van der Waals surface area contributed by atoms with Gasteiger partial charge in [-0.1, -0.05) is 51.0 Å². The van der Waals surface area contributed by atoms with Gasteiger partial charge in [-0.05, 0) is 54.2 Å². The molecule has 1 aliphatic heterocycles. The molecule has 1 heterocycles. The van der Waals surface area contributed by atoms with Crippen LogP contribution in [0.3, 0.4) is 0 Å². The van der Waals surface area contributed by atoms with Gasteiger partial charge in [-0.25, -0.2) is 0 Å². The number of para-hydroxylation sites is 2. The molecule has 2 aliphatic rings. The molecule has 30 heavy (non-hydrogen) atoms. The molecule has 2 aromatic rings. The van der Waals surface area contributed by atoms with E-state index >= 15 is 0 Å². The Morgan fingerprint density at radius 2 is 1.83 bits per heavy atom. The Kier molecular flexibility index (Phi) is 5.62. The van der Waals surface area contributed by atoms with Crippen molar-refractivity contribution in [3.63, 3.8) is 0 Å². The van der Waals surface area contributed by atoms with Crippen molar-refractivity contribution in [2.24, 2.45) is 11.8 Å². The molecule has 1 saturated carbocycles. The van der Waals surface area contributed by atoms with Crippen LogP contribution < -0.4 is 15.0 Å². The van der Waals surface area contributed by atoms with Gasteiger partial charge in [0.15, 0.2) is 11.5 Å². The maximum atomic E-state index is 12.7. The number of carbonyl (C=O) groups excluding carboxylic acids is 2. The van der Waals surface area contributed by atoms with Gasteiger partial charge < -0.3 is 15.0 Å². The minimum atomic E-state index is -0.198. The van der Waals surface area contributed by atoms with Crippen LogP contribution >= 0.6 is 0 Å². The van der Waals surface area contributed by atoms with Crippen LogP contribution in [-0.4, -0.2) is 24.9 Å². The zero-order valence-electron chi connectivity index (χ0n) is 17.7. The molecule has 2 aromatic carbocycles.